The third kappa shape index (κ3) is 6.07. The van der Waals surface area contributed by atoms with Crippen molar-refractivity contribution in [3.05, 3.63) is 106 Å². The van der Waals surface area contributed by atoms with Crippen molar-refractivity contribution in [3.63, 3.8) is 0 Å². The lowest BCUT2D eigenvalue weighted by Gasteiger charge is -2.27. The van der Waals surface area contributed by atoms with Crippen molar-refractivity contribution in [2.24, 2.45) is 5.73 Å². The van der Waals surface area contributed by atoms with Crippen LogP contribution in [0, 0.1) is 28.9 Å². The third-order valence-corrected chi connectivity index (χ3v) is 6.99. The fourth-order valence-corrected chi connectivity index (χ4v) is 4.77. The van der Waals surface area contributed by atoms with Crippen LogP contribution >= 0.6 is 0 Å². The molecule has 1 amide bonds. The standard InChI is InChI=1S/C25H23N3O5S/c1-19-9-11-20(12-10-19)8-5-17-27(24(25(26)29)18-21-6-3-2-4-7-21)34(32,33)23-15-13-22(14-16-23)28(30)31/h2-4,6-7,9-16,24H,17-18H2,1H3,(H2,26,29)/t24-/m0/s1. The maximum atomic E-state index is 13.5. The van der Waals surface area contributed by atoms with Crippen LogP contribution in [0.2, 0.25) is 0 Å². The number of non-ortho nitro benzene ring substituents is 1. The fourth-order valence-electron chi connectivity index (χ4n) is 3.28. The molecule has 0 radical (unpaired) electrons. The average Bonchev–Trinajstić information content (AvgIpc) is 2.82. The van der Waals surface area contributed by atoms with Crippen LogP contribution in [-0.4, -0.2) is 36.1 Å². The molecule has 0 saturated carbocycles. The number of amides is 1. The van der Waals surface area contributed by atoms with Gasteiger partial charge < -0.3 is 5.73 Å². The minimum Gasteiger partial charge on any atom is -0.368 e. The van der Waals surface area contributed by atoms with Crippen molar-refractivity contribution < 1.29 is 18.1 Å². The Bertz CT molecular complexity index is 1330. The van der Waals surface area contributed by atoms with E-state index in [-0.39, 0.29) is 23.5 Å². The molecule has 0 aliphatic heterocycles. The van der Waals surface area contributed by atoms with E-state index < -0.39 is 26.9 Å². The normalized spacial score (nSPS) is 11.9. The van der Waals surface area contributed by atoms with Gasteiger partial charge in [0.2, 0.25) is 15.9 Å². The number of nitrogens with two attached hydrogens (primary N) is 1. The summed E-state index contributed by atoms with van der Waals surface area (Å²) in [4.78, 5) is 22.6. The number of benzene rings is 3. The molecule has 0 spiro atoms. The Kier molecular flexibility index (Phi) is 7.79. The van der Waals surface area contributed by atoms with Gasteiger partial charge in [-0.25, -0.2) is 8.42 Å². The number of carbonyl (C=O) groups excluding carboxylic acids is 1. The van der Waals surface area contributed by atoms with E-state index in [1.165, 1.54) is 0 Å². The van der Waals surface area contributed by atoms with E-state index in [1.807, 2.05) is 31.2 Å². The van der Waals surface area contributed by atoms with E-state index in [0.29, 0.717) is 5.56 Å². The van der Waals surface area contributed by atoms with Crippen molar-refractivity contribution >= 4 is 21.6 Å². The summed E-state index contributed by atoms with van der Waals surface area (Å²) in [5, 5.41) is 11.0. The number of hydrogen-bond donors (Lipinski definition) is 1. The highest BCUT2D eigenvalue weighted by molar-refractivity contribution is 7.89. The SMILES string of the molecule is Cc1ccc(C#CCN([C@@H](Cc2ccccc2)C(N)=O)S(=O)(=O)c2ccc([N+](=O)[O-])cc2)cc1. The number of primary amides is 1. The van der Waals surface area contributed by atoms with Crippen LogP contribution < -0.4 is 5.73 Å². The second-order valence-corrected chi connectivity index (χ2v) is 9.47. The Labute approximate surface area is 198 Å². The smallest absolute Gasteiger partial charge is 0.269 e. The van der Waals surface area contributed by atoms with Crippen LogP contribution in [-0.2, 0) is 21.2 Å². The summed E-state index contributed by atoms with van der Waals surface area (Å²) < 4.78 is 28.0. The molecule has 1 atom stereocenters. The first-order chi connectivity index (χ1) is 16.2. The third-order valence-electron chi connectivity index (χ3n) is 5.12. The van der Waals surface area contributed by atoms with Gasteiger partial charge in [0.25, 0.3) is 5.69 Å². The zero-order chi connectivity index (χ0) is 24.7. The molecule has 2 N–H and O–H groups in total. The van der Waals surface area contributed by atoms with Gasteiger partial charge in [-0.3, -0.25) is 14.9 Å². The summed E-state index contributed by atoms with van der Waals surface area (Å²) in [5.74, 6) is 4.91. The zero-order valence-electron chi connectivity index (χ0n) is 18.4. The number of carbonyl (C=O) groups is 1. The van der Waals surface area contributed by atoms with Crippen molar-refractivity contribution in [2.45, 2.75) is 24.3 Å². The molecular weight excluding hydrogens is 454 g/mol. The Hall–Kier alpha value is -4.00. The summed E-state index contributed by atoms with van der Waals surface area (Å²) in [5.41, 5.74) is 7.87. The first kappa shape index (κ1) is 24.6. The van der Waals surface area contributed by atoms with Crippen molar-refractivity contribution in [3.8, 4) is 11.8 Å². The molecule has 3 aromatic rings. The van der Waals surface area contributed by atoms with Gasteiger partial charge in [0.1, 0.15) is 6.04 Å². The lowest BCUT2D eigenvalue weighted by Crippen LogP contribution is -2.49. The Morgan fingerprint density at radius 1 is 1.03 bits per heavy atom. The van der Waals surface area contributed by atoms with E-state index in [4.69, 9.17) is 5.73 Å². The van der Waals surface area contributed by atoms with Crippen LogP contribution in [0.15, 0.2) is 83.8 Å². The molecule has 0 fully saturated rings. The van der Waals surface area contributed by atoms with Gasteiger partial charge in [-0.15, -0.1) is 0 Å². The number of aryl methyl sites for hydroxylation is 1. The maximum absolute atomic E-state index is 13.5. The predicted molar refractivity (Wildman–Crippen MR) is 128 cm³/mol. The molecule has 3 rings (SSSR count). The van der Waals surface area contributed by atoms with Crippen molar-refractivity contribution in [2.75, 3.05) is 6.54 Å². The molecule has 0 saturated heterocycles. The first-order valence-electron chi connectivity index (χ1n) is 10.3. The van der Waals surface area contributed by atoms with Gasteiger partial charge in [0, 0.05) is 17.7 Å². The Balaban J connectivity index is 2.01. The number of nitro groups is 1. The molecule has 9 heteroatoms. The summed E-state index contributed by atoms with van der Waals surface area (Å²) in [6.45, 7) is 1.64. The van der Waals surface area contributed by atoms with Crippen LogP contribution in [0.1, 0.15) is 16.7 Å². The predicted octanol–water partition coefficient (Wildman–Crippen LogP) is 3.04. The van der Waals surface area contributed by atoms with Crippen LogP contribution in [0.3, 0.4) is 0 Å². The molecular formula is C25H23N3O5S. The van der Waals surface area contributed by atoms with Gasteiger partial charge in [0.15, 0.2) is 0 Å². The quantitative estimate of drug-likeness (QED) is 0.303. The van der Waals surface area contributed by atoms with E-state index in [1.54, 1.807) is 30.3 Å². The van der Waals surface area contributed by atoms with Crippen LogP contribution in [0.25, 0.3) is 0 Å². The molecule has 34 heavy (non-hydrogen) atoms. The Morgan fingerprint density at radius 2 is 1.65 bits per heavy atom. The number of nitro benzene ring substituents is 1. The summed E-state index contributed by atoms with van der Waals surface area (Å²) in [6, 6.07) is 19.5. The Morgan fingerprint density at radius 3 is 2.21 bits per heavy atom. The van der Waals surface area contributed by atoms with E-state index >= 15 is 0 Å². The van der Waals surface area contributed by atoms with Gasteiger partial charge in [-0.05, 0) is 43.2 Å². The van der Waals surface area contributed by atoms with Gasteiger partial charge in [0.05, 0.1) is 16.4 Å². The highest BCUT2D eigenvalue weighted by atomic mass is 32.2. The highest BCUT2D eigenvalue weighted by Crippen LogP contribution is 2.23. The zero-order valence-corrected chi connectivity index (χ0v) is 19.2. The molecule has 174 valence electrons. The van der Waals surface area contributed by atoms with E-state index in [9.17, 15) is 23.3 Å². The van der Waals surface area contributed by atoms with Gasteiger partial charge in [-0.1, -0.05) is 59.9 Å². The molecule has 0 aliphatic carbocycles. The summed E-state index contributed by atoms with van der Waals surface area (Å²) in [7, 11) is -4.26. The maximum Gasteiger partial charge on any atom is 0.269 e. The monoisotopic (exact) mass is 477 g/mol. The topological polar surface area (TPSA) is 124 Å². The van der Waals surface area contributed by atoms with Gasteiger partial charge in [-0.2, -0.15) is 4.31 Å². The average molecular weight is 478 g/mol. The lowest BCUT2D eigenvalue weighted by molar-refractivity contribution is -0.384. The van der Waals surface area contributed by atoms with Gasteiger partial charge >= 0.3 is 0 Å². The number of nitrogens with zero attached hydrogens (tertiary/aromatic N) is 2. The molecule has 0 aliphatic rings. The number of sulfonamides is 1. The fraction of sp³-hybridized carbons (Fsp3) is 0.160. The molecule has 0 unspecified atom stereocenters. The van der Waals surface area contributed by atoms with E-state index in [2.05, 4.69) is 11.8 Å². The van der Waals surface area contributed by atoms with Crippen LogP contribution in [0.4, 0.5) is 5.69 Å². The number of hydrogen-bond acceptors (Lipinski definition) is 5. The van der Waals surface area contributed by atoms with E-state index in [0.717, 1.165) is 39.7 Å². The largest absolute Gasteiger partial charge is 0.368 e. The van der Waals surface area contributed by atoms with Crippen LogP contribution in [0.5, 0.6) is 0 Å². The molecule has 3 aromatic carbocycles. The minimum atomic E-state index is -4.26. The molecule has 0 heterocycles. The summed E-state index contributed by atoms with van der Waals surface area (Å²) >= 11 is 0. The molecule has 0 aromatic heterocycles. The number of rotatable bonds is 8. The van der Waals surface area contributed by atoms with Crippen molar-refractivity contribution in [1.82, 2.24) is 4.31 Å². The first-order valence-corrected chi connectivity index (χ1v) is 11.8. The lowest BCUT2D eigenvalue weighted by atomic mass is 10.1. The minimum absolute atomic E-state index is 0.0502. The second-order valence-electron chi connectivity index (χ2n) is 7.58. The van der Waals surface area contributed by atoms with Crippen molar-refractivity contribution in [1.29, 1.82) is 0 Å². The molecule has 0 bridgehead atoms. The summed E-state index contributed by atoms with van der Waals surface area (Å²) in [6.07, 6.45) is 0.0502. The highest BCUT2D eigenvalue weighted by Gasteiger charge is 2.34. The second kappa shape index (κ2) is 10.7. The molecule has 8 nitrogen and oxygen atoms in total.